The zero-order valence-electron chi connectivity index (χ0n) is 14.6. The second-order valence-corrected chi connectivity index (χ2v) is 13.2. The van der Waals surface area contributed by atoms with Crippen molar-refractivity contribution >= 4 is 10.2 Å². The minimum absolute atomic E-state index is 0.568. The topological polar surface area (TPSA) is 3.24 Å². The lowest BCUT2D eigenvalue weighted by Crippen LogP contribution is -2.43. The van der Waals surface area contributed by atoms with Crippen LogP contribution in [0.25, 0.3) is 0 Å². The van der Waals surface area contributed by atoms with Gasteiger partial charge in [-0.3, -0.25) is 4.31 Å². The van der Waals surface area contributed by atoms with Crippen LogP contribution in [0.15, 0.2) is 0 Å². The number of nitrogens with zero attached hydrogens (tertiary/aromatic N) is 1. The van der Waals surface area contributed by atoms with E-state index in [-0.39, 0.29) is 0 Å². The molecule has 4 aliphatic rings. The minimum atomic E-state index is -0.568. The fourth-order valence-corrected chi connectivity index (χ4v) is 9.15. The van der Waals surface area contributed by atoms with Crippen molar-refractivity contribution in [3.63, 3.8) is 0 Å². The lowest BCUT2D eigenvalue weighted by Gasteiger charge is -2.49. The molecule has 7 unspecified atom stereocenters. The molecule has 4 rings (SSSR count). The average Bonchev–Trinajstić information content (AvgIpc) is 2.93. The van der Waals surface area contributed by atoms with E-state index in [1.165, 1.54) is 32.1 Å². The van der Waals surface area contributed by atoms with Gasteiger partial charge in [0, 0.05) is 12.1 Å². The Morgan fingerprint density at radius 3 is 2.00 bits per heavy atom. The minimum Gasteiger partial charge on any atom is -0.261 e. The molecule has 7 atom stereocenters. The van der Waals surface area contributed by atoms with Crippen molar-refractivity contribution < 1.29 is 0 Å². The number of fused-ring (bicyclic) bond motifs is 5. The molecule has 2 heteroatoms. The third kappa shape index (κ3) is 2.15. The average molecular weight is 310 g/mol. The third-order valence-electron chi connectivity index (χ3n) is 7.52. The quantitative estimate of drug-likeness (QED) is 0.665. The fraction of sp³-hybridized carbons (Fsp3) is 1.00. The second-order valence-electron chi connectivity index (χ2n) is 9.19. The molecule has 0 bridgehead atoms. The number of rotatable bonds is 1. The molecule has 3 saturated carbocycles. The van der Waals surface area contributed by atoms with Crippen LogP contribution in [0.3, 0.4) is 0 Å². The molecule has 122 valence electrons. The first-order valence-corrected chi connectivity index (χ1v) is 12.3. The lowest BCUT2D eigenvalue weighted by molar-refractivity contribution is 0.144. The Bertz CT molecular complexity index is 399. The second kappa shape index (κ2) is 5.16. The first kappa shape index (κ1) is 14.9. The van der Waals surface area contributed by atoms with Gasteiger partial charge in [0.05, 0.1) is 0 Å². The van der Waals surface area contributed by atoms with Crippen LogP contribution >= 0.6 is 10.2 Å². The highest BCUT2D eigenvalue weighted by atomic mass is 32.3. The van der Waals surface area contributed by atoms with E-state index in [0.717, 1.165) is 41.7 Å². The molecule has 1 nitrogen and oxygen atoms in total. The Balaban J connectivity index is 1.73. The predicted molar refractivity (Wildman–Crippen MR) is 94.8 cm³/mol. The van der Waals surface area contributed by atoms with Crippen LogP contribution in [-0.4, -0.2) is 35.2 Å². The van der Waals surface area contributed by atoms with E-state index in [0.29, 0.717) is 0 Å². The van der Waals surface area contributed by atoms with Crippen molar-refractivity contribution in [2.75, 3.05) is 18.8 Å². The fourth-order valence-electron chi connectivity index (χ4n) is 7.05. The van der Waals surface area contributed by atoms with E-state index in [1.54, 1.807) is 19.3 Å². The van der Waals surface area contributed by atoms with E-state index >= 15 is 0 Å². The Morgan fingerprint density at radius 1 is 0.762 bits per heavy atom. The van der Waals surface area contributed by atoms with Crippen LogP contribution in [0.2, 0.25) is 0 Å². The van der Waals surface area contributed by atoms with E-state index in [4.69, 9.17) is 0 Å². The predicted octanol–water partition coefficient (Wildman–Crippen LogP) is 4.91. The van der Waals surface area contributed by atoms with Gasteiger partial charge in [-0.2, -0.15) is 10.2 Å². The molecular formula is C19H35NS. The number of hydrogen-bond donors (Lipinski definition) is 0. The van der Waals surface area contributed by atoms with Crippen molar-refractivity contribution in [1.82, 2.24) is 4.31 Å². The Labute approximate surface area is 133 Å². The highest BCUT2D eigenvalue weighted by molar-refractivity contribution is 8.30. The summed E-state index contributed by atoms with van der Waals surface area (Å²) in [4.78, 5) is 0. The molecule has 1 saturated heterocycles. The van der Waals surface area contributed by atoms with E-state index in [1.807, 2.05) is 0 Å². The van der Waals surface area contributed by atoms with E-state index in [9.17, 15) is 0 Å². The summed E-state index contributed by atoms with van der Waals surface area (Å²) in [5.41, 5.74) is 0. The Hall–Kier alpha value is 0.310. The molecule has 4 fully saturated rings. The maximum atomic E-state index is 3.13. The summed E-state index contributed by atoms with van der Waals surface area (Å²) < 4.78 is 3.13. The van der Waals surface area contributed by atoms with Gasteiger partial charge in [0.2, 0.25) is 0 Å². The molecule has 0 N–H and O–H groups in total. The van der Waals surface area contributed by atoms with Gasteiger partial charge in [-0.25, -0.2) is 0 Å². The van der Waals surface area contributed by atoms with Gasteiger partial charge in [-0.1, -0.05) is 32.6 Å². The number of hydrogen-bond acceptors (Lipinski definition) is 1. The molecule has 0 aromatic rings. The van der Waals surface area contributed by atoms with Crippen LogP contribution in [0.1, 0.15) is 58.3 Å². The summed E-state index contributed by atoms with van der Waals surface area (Å²) in [7, 11) is -0.568. The smallest absolute Gasteiger partial charge is 0.0255 e. The van der Waals surface area contributed by atoms with Gasteiger partial charge in [-0.05, 0) is 74.0 Å². The van der Waals surface area contributed by atoms with Crippen LogP contribution in [-0.2, 0) is 0 Å². The summed E-state index contributed by atoms with van der Waals surface area (Å²) in [5, 5.41) is 0. The highest BCUT2D eigenvalue weighted by Crippen LogP contribution is 2.65. The first-order valence-electron chi connectivity index (χ1n) is 9.47. The molecule has 1 aliphatic heterocycles. The molecule has 0 spiro atoms. The van der Waals surface area contributed by atoms with Crippen LogP contribution in [0, 0.1) is 29.6 Å². The Kier molecular flexibility index (Phi) is 3.65. The zero-order chi connectivity index (χ0) is 14.8. The summed E-state index contributed by atoms with van der Waals surface area (Å²) in [6.45, 7) is 2.64. The van der Waals surface area contributed by atoms with Crippen molar-refractivity contribution in [2.24, 2.45) is 29.6 Å². The molecule has 0 amide bonds. The van der Waals surface area contributed by atoms with Gasteiger partial charge in [0.1, 0.15) is 0 Å². The molecule has 0 aromatic carbocycles. The zero-order valence-corrected chi connectivity index (χ0v) is 15.4. The van der Waals surface area contributed by atoms with E-state index < -0.39 is 10.2 Å². The van der Waals surface area contributed by atoms with Crippen LogP contribution in [0.4, 0.5) is 0 Å². The van der Waals surface area contributed by atoms with Gasteiger partial charge < -0.3 is 0 Å². The maximum absolute atomic E-state index is 3.13. The van der Waals surface area contributed by atoms with Crippen molar-refractivity contribution in [2.45, 2.75) is 70.4 Å². The van der Waals surface area contributed by atoms with Crippen molar-refractivity contribution in [3.05, 3.63) is 0 Å². The highest BCUT2D eigenvalue weighted by Gasteiger charge is 2.61. The third-order valence-corrected chi connectivity index (χ3v) is 9.30. The van der Waals surface area contributed by atoms with Crippen LogP contribution in [0.5, 0.6) is 0 Å². The standard InChI is InChI=1S/C19H35NS/c1-13-14-9-5-6-10-15(14)19-18(13)16-11-7-8-12-17(16)20(19)21(2,3)4/h13-19H,5-12H2,1-4H3. The summed E-state index contributed by atoms with van der Waals surface area (Å²) in [6, 6.07) is 1.92. The van der Waals surface area contributed by atoms with E-state index in [2.05, 4.69) is 30.0 Å². The van der Waals surface area contributed by atoms with Crippen molar-refractivity contribution in [3.8, 4) is 0 Å². The SMILES string of the molecule is CC1C2CCCCC2C2C1C1CCCCC1N2S(C)(C)C. The molecule has 0 radical (unpaired) electrons. The largest absolute Gasteiger partial charge is 0.261 e. The summed E-state index contributed by atoms with van der Waals surface area (Å²) in [5.74, 6) is 5.24. The monoisotopic (exact) mass is 309 g/mol. The van der Waals surface area contributed by atoms with Gasteiger partial charge in [0.25, 0.3) is 0 Å². The maximum Gasteiger partial charge on any atom is 0.0255 e. The van der Waals surface area contributed by atoms with Gasteiger partial charge in [-0.15, -0.1) is 0 Å². The summed E-state index contributed by atoms with van der Waals surface area (Å²) in [6.07, 6.45) is 19.9. The molecular weight excluding hydrogens is 274 g/mol. The van der Waals surface area contributed by atoms with Crippen LogP contribution < -0.4 is 0 Å². The first-order chi connectivity index (χ1) is 10.00. The normalized spacial score (nSPS) is 51.3. The van der Waals surface area contributed by atoms with Gasteiger partial charge >= 0.3 is 0 Å². The summed E-state index contributed by atoms with van der Waals surface area (Å²) >= 11 is 0. The van der Waals surface area contributed by atoms with Gasteiger partial charge in [0.15, 0.2) is 0 Å². The molecule has 1 heterocycles. The molecule has 21 heavy (non-hydrogen) atoms. The molecule has 0 aromatic heterocycles. The van der Waals surface area contributed by atoms with Crippen molar-refractivity contribution in [1.29, 1.82) is 0 Å². The lowest BCUT2D eigenvalue weighted by atomic mass is 9.73. The Morgan fingerprint density at radius 2 is 1.33 bits per heavy atom. The molecule has 3 aliphatic carbocycles.